The molecule has 13 rings (SSSR count). The van der Waals surface area contributed by atoms with E-state index in [1.165, 1.54) is 127 Å². The maximum atomic E-state index is 2.65. The number of rotatable bonds is 1. The van der Waals surface area contributed by atoms with Gasteiger partial charge in [0.2, 0.25) is 0 Å². The van der Waals surface area contributed by atoms with Crippen molar-refractivity contribution in [3.63, 3.8) is 0 Å². The second-order valence-corrected chi connectivity index (χ2v) is 20.1. The van der Waals surface area contributed by atoms with Gasteiger partial charge in [0.05, 0.1) is 16.7 Å². The number of hydrogen-bond acceptors (Lipinski definition) is 0. The summed E-state index contributed by atoms with van der Waals surface area (Å²) in [7, 11) is 0. The molecule has 0 atom stereocenters. The molecule has 0 fully saturated rings. The Morgan fingerprint density at radius 1 is 0.288 bits per heavy atom. The van der Waals surface area contributed by atoms with Gasteiger partial charge in [-0.05, 0) is 137 Å². The summed E-state index contributed by atoms with van der Waals surface area (Å²) in [6.07, 6.45) is 0. The molecule has 0 amide bonds. The van der Waals surface area contributed by atoms with Gasteiger partial charge in [0.1, 0.15) is 0 Å². The van der Waals surface area contributed by atoms with Crippen LogP contribution >= 0.6 is 0 Å². The van der Waals surface area contributed by atoms with Crippen molar-refractivity contribution in [3.8, 4) is 50.2 Å². The zero-order valence-electron chi connectivity index (χ0n) is 35.2. The average molecular weight is 758 g/mol. The summed E-state index contributed by atoms with van der Waals surface area (Å²) in [4.78, 5) is 0. The van der Waals surface area contributed by atoms with E-state index in [0.717, 1.165) is 0 Å². The second kappa shape index (κ2) is 10.5. The lowest BCUT2D eigenvalue weighted by molar-refractivity contribution is 0.652. The molecule has 4 aliphatic rings. The topological polar surface area (TPSA) is 4.93 Å². The summed E-state index contributed by atoms with van der Waals surface area (Å²) in [6, 6.07) is 54.3. The molecule has 9 aromatic rings. The van der Waals surface area contributed by atoms with E-state index in [0.29, 0.717) is 0 Å². The first-order valence-corrected chi connectivity index (χ1v) is 21.5. The lowest BCUT2D eigenvalue weighted by Crippen LogP contribution is -2.17. The van der Waals surface area contributed by atoms with Gasteiger partial charge in [-0.2, -0.15) is 0 Å². The minimum Gasteiger partial charge on any atom is -0.309 e. The number of hydrogen-bond donors (Lipinski definition) is 0. The summed E-state index contributed by atoms with van der Waals surface area (Å²) >= 11 is 0. The molecule has 0 N–H and O–H groups in total. The van der Waals surface area contributed by atoms with Gasteiger partial charge < -0.3 is 4.57 Å². The van der Waals surface area contributed by atoms with E-state index in [1.807, 2.05) is 0 Å². The first-order chi connectivity index (χ1) is 28.3. The molecule has 8 aromatic carbocycles. The molecule has 1 aromatic heterocycles. The molecule has 0 bridgehead atoms. The lowest BCUT2D eigenvalue weighted by atomic mass is 9.79. The largest absolute Gasteiger partial charge is 0.309 e. The third-order valence-corrected chi connectivity index (χ3v) is 15.8. The van der Waals surface area contributed by atoms with Crippen LogP contribution in [0.15, 0.2) is 140 Å². The smallest absolute Gasteiger partial charge is 0.0547 e. The van der Waals surface area contributed by atoms with Gasteiger partial charge >= 0.3 is 0 Å². The summed E-state index contributed by atoms with van der Waals surface area (Å²) in [5.74, 6) is 0. The van der Waals surface area contributed by atoms with Crippen molar-refractivity contribution in [3.05, 3.63) is 184 Å². The summed E-state index contributed by atoms with van der Waals surface area (Å²) in [5, 5.41) is 5.27. The fourth-order valence-corrected chi connectivity index (χ4v) is 12.6. The Kier molecular flexibility index (Phi) is 6.02. The number of benzene rings is 8. The Hall–Kier alpha value is -6.18. The summed E-state index contributed by atoms with van der Waals surface area (Å²) < 4.78 is 2.65. The highest BCUT2D eigenvalue weighted by atomic mass is 15.0. The van der Waals surface area contributed by atoms with Gasteiger partial charge in [0.25, 0.3) is 0 Å². The SMILES string of the molecule is CC1(C)c2ccccc2-c2cc3c(cc21)-c1c(cc(-n2c4cc5c(cc4c4cc6c(cc42)C(C)(C)c2ccccc2-6)C(C)(C)c2ccccc2-5)c2ccccc12)C3(C)C. The minimum atomic E-state index is -0.200. The average Bonchev–Trinajstić information content (AvgIpc) is 3.90. The zero-order chi connectivity index (χ0) is 40.1. The number of nitrogens with zero attached hydrogens (tertiary/aromatic N) is 1. The fourth-order valence-electron chi connectivity index (χ4n) is 12.6. The van der Waals surface area contributed by atoms with Crippen LogP contribution in [0.4, 0.5) is 0 Å². The molecule has 0 radical (unpaired) electrons. The molecule has 1 nitrogen and oxygen atoms in total. The maximum absolute atomic E-state index is 2.65. The van der Waals surface area contributed by atoms with Crippen molar-refractivity contribution >= 4 is 32.6 Å². The van der Waals surface area contributed by atoms with Crippen molar-refractivity contribution in [2.45, 2.75) is 77.0 Å². The molecule has 284 valence electrons. The highest BCUT2D eigenvalue weighted by molar-refractivity contribution is 6.16. The molecule has 59 heavy (non-hydrogen) atoms. The molecular weight excluding hydrogens is 711 g/mol. The second-order valence-electron chi connectivity index (χ2n) is 20.1. The third-order valence-electron chi connectivity index (χ3n) is 15.8. The van der Waals surface area contributed by atoms with Gasteiger partial charge in [0.15, 0.2) is 0 Å². The van der Waals surface area contributed by atoms with Crippen molar-refractivity contribution in [2.75, 3.05) is 0 Å². The van der Waals surface area contributed by atoms with Gasteiger partial charge in [0, 0.05) is 37.8 Å². The van der Waals surface area contributed by atoms with E-state index in [4.69, 9.17) is 0 Å². The van der Waals surface area contributed by atoms with Crippen molar-refractivity contribution < 1.29 is 0 Å². The van der Waals surface area contributed by atoms with E-state index in [-0.39, 0.29) is 21.7 Å². The maximum Gasteiger partial charge on any atom is 0.0547 e. The monoisotopic (exact) mass is 757 g/mol. The lowest BCUT2D eigenvalue weighted by Gasteiger charge is -2.25. The highest BCUT2D eigenvalue weighted by Gasteiger charge is 2.44. The Morgan fingerprint density at radius 2 is 0.695 bits per heavy atom. The molecule has 0 spiro atoms. The molecule has 4 aliphatic carbocycles. The summed E-state index contributed by atoms with van der Waals surface area (Å²) in [6.45, 7) is 19.4. The molecule has 1 heterocycles. The van der Waals surface area contributed by atoms with Gasteiger partial charge in [-0.1, -0.05) is 152 Å². The van der Waals surface area contributed by atoms with Crippen LogP contribution < -0.4 is 0 Å². The first kappa shape index (κ1) is 33.8. The van der Waals surface area contributed by atoms with Crippen LogP contribution in [0.5, 0.6) is 0 Å². The van der Waals surface area contributed by atoms with E-state index in [2.05, 4.69) is 199 Å². The van der Waals surface area contributed by atoms with Crippen LogP contribution in [0.25, 0.3) is 82.8 Å². The van der Waals surface area contributed by atoms with E-state index in [9.17, 15) is 0 Å². The van der Waals surface area contributed by atoms with Crippen molar-refractivity contribution in [1.29, 1.82) is 0 Å². The third kappa shape index (κ3) is 3.89. The predicted octanol–water partition coefficient (Wildman–Crippen LogP) is 15.2. The van der Waals surface area contributed by atoms with Gasteiger partial charge in [-0.25, -0.2) is 0 Å². The molecule has 0 unspecified atom stereocenters. The highest BCUT2D eigenvalue weighted by Crippen LogP contribution is 2.59. The quantitative estimate of drug-likeness (QED) is 0.157. The van der Waals surface area contributed by atoms with E-state index >= 15 is 0 Å². The Morgan fingerprint density at radius 3 is 1.31 bits per heavy atom. The fraction of sp³-hybridized carbons (Fsp3) is 0.207. The van der Waals surface area contributed by atoms with Crippen LogP contribution in [-0.4, -0.2) is 4.57 Å². The predicted molar refractivity (Wildman–Crippen MR) is 249 cm³/mol. The summed E-state index contributed by atoms with van der Waals surface area (Å²) in [5.41, 5.74) is 25.7. The van der Waals surface area contributed by atoms with Crippen LogP contribution in [0.1, 0.15) is 99.9 Å². The number of aromatic nitrogens is 1. The molecular formula is C58H47N. The van der Waals surface area contributed by atoms with E-state index in [1.54, 1.807) is 0 Å². The van der Waals surface area contributed by atoms with Crippen molar-refractivity contribution in [1.82, 2.24) is 4.57 Å². The molecule has 0 saturated heterocycles. The normalized spacial score (nSPS) is 17.4. The Balaban J connectivity index is 1.15. The Bertz CT molecular complexity index is 3430. The van der Waals surface area contributed by atoms with Crippen molar-refractivity contribution in [2.24, 2.45) is 0 Å². The van der Waals surface area contributed by atoms with Crippen LogP contribution in [-0.2, 0) is 21.7 Å². The standard InChI is InChI=1S/C58H47N/c1-55(2)45-24-16-13-19-34(45)39-29-51-41(27-46(39)55)40-25-37-32-17-11-14-22-43(32)57(5,6)49(37)30-53(40)59(51)52-31-50-54(36-21-10-9-20-35(36)52)42-28-47-38(26-48(42)58(50,7)8)33-18-12-15-23-44(33)56(47,3)4/h9-31H,1-8H3. The first-order valence-electron chi connectivity index (χ1n) is 21.5. The van der Waals surface area contributed by atoms with Crippen LogP contribution in [0.3, 0.4) is 0 Å². The molecule has 0 saturated carbocycles. The number of fused-ring (bicyclic) bond motifs is 17. The zero-order valence-corrected chi connectivity index (χ0v) is 35.2. The minimum absolute atomic E-state index is 0.0618. The van der Waals surface area contributed by atoms with Gasteiger partial charge in [-0.15, -0.1) is 0 Å². The Labute approximate surface area is 347 Å². The van der Waals surface area contributed by atoms with Gasteiger partial charge in [-0.3, -0.25) is 0 Å². The molecule has 0 aliphatic heterocycles. The van der Waals surface area contributed by atoms with Crippen LogP contribution in [0.2, 0.25) is 0 Å². The van der Waals surface area contributed by atoms with Crippen LogP contribution in [0, 0.1) is 0 Å². The molecule has 1 heteroatoms. The van der Waals surface area contributed by atoms with E-state index < -0.39 is 0 Å².